The van der Waals surface area contributed by atoms with Gasteiger partial charge in [-0.2, -0.15) is 0 Å². The number of hydrogen-bond donors (Lipinski definition) is 3. The molecule has 0 bridgehead atoms. The van der Waals surface area contributed by atoms with Crippen molar-refractivity contribution < 1.29 is 14.7 Å². The zero-order valence-electron chi connectivity index (χ0n) is 12.2. The van der Waals surface area contributed by atoms with Crippen LogP contribution >= 0.6 is 0 Å². The Labute approximate surface area is 120 Å². The van der Waals surface area contributed by atoms with Crippen molar-refractivity contribution in [3.05, 3.63) is 0 Å². The highest BCUT2D eigenvalue weighted by Crippen LogP contribution is 2.48. The Morgan fingerprint density at radius 2 is 1.65 bits per heavy atom. The highest BCUT2D eigenvalue weighted by molar-refractivity contribution is 5.74. The normalized spacial score (nSPS) is 19.7. The third kappa shape index (κ3) is 5.02. The minimum absolute atomic E-state index is 0.0147. The molecule has 5 nitrogen and oxygen atoms in total. The monoisotopic (exact) mass is 282 g/mol. The second-order valence-corrected chi connectivity index (χ2v) is 6.30. The summed E-state index contributed by atoms with van der Waals surface area (Å²) in [7, 11) is 0. The van der Waals surface area contributed by atoms with E-state index < -0.39 is 5.97 Å². The Morgan fingerprint density at radius 3 is 2.10 bits per heavy atom. The van der Waals surface area contributed by atoms with Crippen molar-refractivity contribution in [2.45, 2.75) is 45.4 Å². The third-order valence-electron chi connectivity index (χ3n) is 4.55. The molecule has 0 aliphatic heterocycles. The third-order valence-corrected chi connectivity index (χ3v) is 4.55. The topological polar surface area (TPSA) is 78.4 Å². The summed E-state index contributed by atoms with van der Waals surface area (Å²) in [6.45, 7) is 3.16. The zero-order chi connectivity index (χ0) is 14.5. The molecule has 5 heteroatoms. The van der Waals surface area contributed by atoms with Crippen molar-refractivity contribution >= 4 is 12.0 Å². The first-order valence-corrected chi connectivity index (χ1v) is 7.83. The van der Waals surface area contributed by atoms with E-state index in [9.17, 15) is 9.59 Å². The lowest BCUT2D eigenvalue weighted by Gasteiger charge is -2.18. The first kappa shape index (κ1) is 15.1. The number of nitrogens with one attached hydrogen (secondary N) is 2. The first-order chi connectivity index (χ1) is 9.60. The number of urea groups is 1. The van der Waals surface area contributed by atoms with E-state index in [4.69, 9.17) is 5.11 Å². The molecular formula is C15H26N2O3. The predicted molar refractivity (Wildman–Crippen MR) is 76.4 cm³/mol. The fourth-order valence-electron chi connectivity index (χ4n) is 2.88. The van der Waals surface area contributed by atoms with Gasteiger partial charge in [0.05, 0.1) is 0 Å². The molecule has 0 radical (unpaired) electrons. The lowest BCUT2D eigenvalue weighted by molar-refractivity contribution is -0.138. The standard InChI is InChI=1S/C15H26N2O3/c1-2-10(7-14(18)19)8-16-15(20)17-9-13(11-3-4-11)12-5-6-12/h10-13H,2-9H2,1H3,(H,18,19)(H2,16,17,20). The van der Waals surface area contributed by atoms with Gasteiger partial charge < -0.3 is 15.7 Å². The van der Waals surface area contributed by atoms with Crippen LogP contribution in [0.2, 0.25) is 0 Å². The van der Waals surface area contributed by atoms with Crippen molar-refractivity contribution in [2.75, 3.05) is 13.1 Å². The molecule has 20 heavy (non-hydrogen) atoms. The number of carboxylic acids is 1. The Hall–Kier alpha value is -1.26. The minimum atomic E-state index is -0.804. The number of rotatable bonds is 9. The summed E-state index contributed by atoms with van der Waals surface area (Å²) in [5.74, 6) is 1.54. The van der Waals surface area contributed by atoms with Crippen LogP contribution in [0.4, 0.5) is 4.79 Å². The van der Waals surface area contributed by atoms with E-state index in [-0.39, 0.29) is 18.4 Å². The first-order valence-electron chi connectivity index (χ1n) is 7.83. The van der Waals surface area contributed by atoms with E-state index in [0.717, 1.165) is 24.8 Å². The quantitative estimate of drug-likeness (QED) is 0.607. The van der Waals surface area contributed by atoms with Crippen LogP contribution in [-0.4, -0.2) is 30.2 Å². The molecular weight excluding hydrogens is 256 g/mol. The molecule has 2 aliphatic rings. The van der Waals surface area contributed by atoms with Crippen LogP contribution in [0.1, 0.15) is 45.4 Å². The molecule has 0 aromatic rings. The van der Waals surface area contributed by atoms with Gasteiger partial charge >= 0.3 is 12.0 Å². The highest BCUT2D eigenvalue weighted by atomic mass is 16.4. The largest absolute Gasteiger partial charge is 0.481 e. The Morgan fingerprint density at radius 1 is 1.10 bits per heavy atom. The Balaban J connectivity index is 1.62. The molecule has 0 spiro atoms. The van der Waals surface area contributed by atoms with Gasteiger partial charge in [-0.1, -0.05) is 13.3 Å². The second kappa shape index (κ2) is 6.95. The van der Waals surface area contributed by atoms with Crippen LogP contribution < -0.4 is 10.6 Å². The van der Waals surface area contributed by atoms with Gasteiger partial charge in [-0.05, 0) is 49.4 Å². The Bertz CT molecular complexity index is 339. The molecule has 1 unspecified atom stereocenters. The van der Waals surface area contributed by atoms with Crippen LogP contribution in [0.5, 0.6) is 0 Å². The summed E-state index contributed by atoms with van der Waals surface area (Å²) in [5, 5.41) is 14.5. The number of aliphatic carboxylic acids is 1. The van der Waals surface area contributed by atoms with Gasteiger partial charge in [0.15, 0.2) is 0 Å². The van der Waals surface area contributed by atoms with Crippen LogP contribution in [0, 0.1) is 23.7 Å². The van der Waals surface area contributed by atoms with Gasteiger partial charge in [-0.3, -0.25) is 4.79 Å². The average molecular weight is 282 g/mol. The number of carbonyl (C=O) groups is 2. The van der Waals surface area contributed by atoms with Crippen molar-refractivity contribution in [1.82, 2.24) is 10.6 Å². The molecule has 0 aromatic heterocycles. The summed E-state index contributed by atoms with van der Waals surface area (Å²) in [6.07, 6.45) is 6.16. The van der Waals surface area contributed by atoms with Crippen molar-refractivity contribution in [3.8, 4) is 0 Å². The second-order valence-electron chi connectivity index (χ2n) is 6.30. The summed E-state index contributed by atoms with van der Waals surface area (Å²) < 4.78 is 0. The fourth-order valence-corrected chi connectivity index (χ4v) is 2.88. The number of carbonyl (C=O) groups excluding carboxylic acids is 1. The van der Waals surface area contributed by atoms with Gasteiger partial charge in [0.1, 0.15) is 0 Å². The van der Waals surface area contributed by atoms with E-state index in [2.05, 4.69) is 10.6 Å². The van der Waals surface area contributed by atoms with Crippen molar-refractivity contribution in [2.24, 2.45) is 23.7 Å². The zero-order valence-corrected chi connectivity index (χ0v) is 12.2. The molecule has 3 N–H and O–H groups in total. The molecule has 0 aromatic carbocycles. The van der Waals surface area contributed by atoms with E-state index in [1.165, 1.54) is 25.7 Å². The van der Waals surface area contributed by atoms with Crippen LogP contribution in [0.3, 0.4) is 0 Å². The van der Waals surface area contributed by atoms with Crippen LogP contribution in [0.15, 0.2) is 0 Å². The molecule has 114 valence electrons. The van der Waals surface area contributed by atoms with Gasteiger partial charge in [0, 0.05) is 19.5 Å². The SMILES string of the molecule is CCC(CNC(=O)NCC(C1CC1)C1CC1)CC(=O)O. The maximum Gasteiger partial charge on any atom is 0.314 e. The maximum atomic E-state index is 11.8. The number of carboxylic acid groups (broad SMARTS) is 1. The molecule has 2 aliphatic carbocycles. The van der Waals surface area contributed by atoms with E-state index in [1.54, 1.807) is 0 Å². The molecule has 0 heterocycles. The summed E-state index contributed by atoms with van der Waals surface area (Å²) in [5.41, 5.74) is 0. The minimum Gasteiger partial charge on any atom is -0.481 e. The van der Waals surface area contributed by atoms with E-state index in [0.29, 0.717) is 12.5 Å². The predicted octanol–water partition coefficient (Wildman–Crippen LogP) is 2.22. The smallest absolute Gasteiger partial charge is 0.314 e. The molecule has 2 fully saturated rings. The van der Waals surface area contributed by atoms with Crippen molar-refractivity contribution in [1.29, 1.82) is 0 Å². The summed E-state index contributed by atoms with van der Waals surface area (Å²) in [4.78, 5) is 22.4. The van der Waals surface area contributed by atoms with Crippen molar-refractivity contribution in [3.63, 3.8) is 0 Å². The highest BCUT2D eigenvalue weighted by Gasteiger charge is 2.41. The van der Waals surface area contributed by atoms with Gasteiger partial charge in [-0.15, -0.1) is 0 Å². The lowest BCUT2D eigenvalue weighted by atomic mass is 9.98. The van der Waals surface area contributed by atoms with Crippen LogP contribution in [0.25, 0.3) is 0 Å². The van der Waals surface area contributed by atoms with Gasteiger partial charge in [0.2, 0.25) is 0 Å². The molecule has 2 saturated carbocycles. The maximum absolute atomic E-state index is 11.8. The van der Waals surface area contributed by atoms with Gasteiger partial charge in [-0.25, -0.2) is 4.79 Å². The van der Waals surface area contributed by atoms with E-state index >= 15 is 0 Å². The fraction of sp³-hybridized carbons (Fsp3) is 0.867. The molecule has 2 amide bonds. The molecule has 1 atom stereocenters. The van der Waals surface area contributed by atoms with E-state index in [1.807, 2.05) is 6.92 Å². The summed E-state index contributed by atoms with van der Waals surface area (Å²) in [6, 6.07) is -0.153. The summed E-state index contributed by atoms with van der Waals surface area (Å²) >= 11 is 0. The Kier molecular flexibility index (Phi) is 5.26. The molecule has 0 saturated heterocycles. The number of hydrogen-bond acceptors (Lipinski definition) is 2. The van der Waals surface area contributed by atoms with Gasteiger partial charge in [0.25, 0.3) is 0 Å². The van der Waals surface area contributed by atoms with Crippen LogP contribution in [-0.2, 0) is 4.79 Å². The lowest BCUT2D eigenvalue weighted by Crippen LogP contribution is -2.41. The number of amides is 2. The molecule has 2 rings (SSSR count). The average Bonchev–Trinajstić information content (AvgIpc) is 3.26.